The Bertz CT molecular complexity index is 678. The van der Waals surface area contributed by atoms with Gasteiger partial charge in [0.05, 0.1) is 0 Å². The van der Waals surface area contributed by atoms with E-state index < -0.39 is 0 Å². The highest BCUT2D eigenvalue weighted by Crippen LogP contribution is 2.27. The summed E-state index contributed by atoms with van der Waals surface area (Å²) in [6, 6.07) is 13.9. The highest BCUT2D eigenvalue weighted by molar-refractivity contribution is 5.24. The van der Waals surface area contributed by atoms with E-state index >= 15 is 0 Å². The molecule has 0 spiro atoms. The number of H-pyrrole nitrogens is 1. The molecule has 3 nitrogen and oxygen atoms in total. The van der Waals surface area contributed by atoms with E-state index in [9.17, 15) is 4.79 Å². The number of aromatic nitrogens is 1. The van der Waals surface area contributed by atoms with Crippen LogP contribution in [0.1, 0.15) is 43.9 Å². The monoisotopic (exact) mass is 311 g/mol. The van der Waals surface area contributed by atoms with Crippen LogP contribution in [0.3, 0.4) is 0 Å². The summed E-state index contributed by atoms with van der Waals surface area (Å²) in [5.41, 5.74) is 2.15. The molecule has 1 aromatic heterocycles. The van der Waals surface area contributed by atoms with Gasteiger partial charge in [-0.05, 0) is 49.7 Å². The third kappa shape index (κ3) is 4.47. The Labute approximate surface area is 137 Å². The van der Waals surface area contributed by atoms with Crippen molar-refractivity contribution < 1.29 is 4.74 Å². The first-order valence-corrected chi connectivity index (χ1v) is 8.64. The molecule has 3 rings (SSSR count). The van der Waals surface area contributed by atoms with Gasteiger partial charge in [-0.25, -0.2) is 0 Å². The molecule has 23 heavy (non-hydrogen) atoms. The van der Waals surface area contributed by atoms with Crippen molar-refractivity contribution in [3.8, 4) is 5.75 Å². The van der Waals surface area contributed by atoms with E-state index in [0.717, 1.165) is 30.7 Å². The van der Waals surface area contributed by atoms with Crippen molar-refractivity contribution in [3.05, 3.63) is 64.1 Å². The quantitative estimate of drug-likeness (QED) is 0.902. The van der Waals surface area contributed by atoms with Crippen LogP contribution < -0.4 is 10.3 Å². The highest BCUT2D eigenvalue weighted by Gasteiger charge is 2.23. The maximum absolute atomic E-state index is 11.9. The van der Waals surface area contributed by atoms with Crippen molar-refractivity contribution in [1.29, 1.82) is 0 Å². The molecule has 0 saturated heterocycles. The normalized spacial score (nSPS) is 21.1. The molecule has 0 aliphatic heterocycles. The Balaban J connectivity index is 1.67. The van der Waals surface area contributed by atoms with E-state index in [2.05, 4.69) is 24.0 Å². The summed E-state index contributed by atoms with van der Waals surface area (Å²) in [5.74, 6) is 1.28. The first-order chi connectivity index (χ1) is 11.2. The third-order valence-corrected chi connectivity index (χ3v) is 4.72. The number of rotatable bonds is 5. The van der Waals surface area contributed by atoms with Gasteiger partial charge in [-0.3, -0.25) is 4.79 Å². The molecule has 0 bridgehead atoms. The second-order valence-electron chi connectivity index (χ2n) is 6.61. The van der Waals surface area contributed by atoms with Gasteiger partial charge in [0.1, 0.15) is 11.9 Å². The van der Waals surface area contributed by atoms with Crippen LogP contribution in [0.15, 0.2) is 47.3 Å². The van der Waals surface area contributed by atoms with Crippen LogP contribution in [0.4, 0.5) is 0 Å². The Morgan fingerprint density at radius 2 is 1.87 bits per heavy atom. The summed E-state index contributed by atoms with van der Waals surface area (Å²) in [6.45, 7) is 2.24. The molecule has 0 amide bonds. The molecule has 2 atom stereocenters. The second kappa shape index (κ2) is 7.49. The summed E-state index contributed by atoms with van der Waals surface area (Å²) >= 11 is 0. The predicted molar refractivity (Wildman–Crippen MR) is 93.0 cm³/mol. The average Bonchev–Trinajstić information content (AvgIpc) is 2.56. The lowest BCUT2D eigenvalue weighted by Crippen LogP contribution is -2.28. The van der Waals surface area contributed by atoms with Crippen molar-refractivity contribution >= 4 is 0 Å². The first kappa shape index (κ1) is 15.9. The molecule has 1 saturated carbocycles. The van der Waals surface area contributed by atoms with E-state index in [1.165, 1.54) is 24.8 Å². The summed E-state index contributed by atoms with van der Waals surface area (Å²) in [6.07, 6.45) is 6.80. The van der Waals surface area contributed by atoms with Crippen LogP contribution in [0.5, 0.6) is 5.75 Å². The second-order valence-corrected chi connectivity index (χ2v) is 6.61. The maximum atomic E-state index is 11.9. The smallest absolute Gasteiger partial charge is 0.251 e. The Hall–Kier alpha value is -2.03. The first-order valence-electron chi connectivity index (χ1n) is 8.64. The lowest BCUT2D eigenvalue weighted by molar-refractivity contribution is 0.102. The van der Waals surface area contributed by atoms with E-state index in [-0.39, 0.29) is 11.7 Å². The van der Waals surface area contributed by atoms with Gasteiger partial charge in [-0.1, -0.05) is 43.7 Å². The van der Waals surface area contributed by atoms with Crippen LogP contribution in [0.2, 0.25) is 0 Å². The molecule has 1 fully saturated rings. The zero-order valence-corrected chi connectivity index (χ0v) is 13.8. The third-order valence-electron chi connectivity index (χ3n) is 4.72. The van der Waals surface area contributed by atoms with E-state index in [1.54, 1.807) is 6.07 Å². The zero-order chi connectivity index (χ0) is 16.1. The fraction of sp³-hybridized carbons (Fsp3) is 0.450. The number of nitrogens with one attached hydrogen (secondary N) is 1. The molecule has 1 heterocycles. The van der Waals surface area contributed by atoms with Gasteiger partial charge in [0.25, 0.3) is 5.56 Å². The molecule has 1 aromatic carbocycles. The van der Waals surface area contributed by atoms with E-state index in [1.807, 2.05) is 24.3 Å². The standard InChI is InChI=1S/C20H25NO2/c1-15-7-5-6-10-19(15)23-18-13-17(21-20(22)14-18)12-11-16-8-3-2-4-9-16/h2-4,8-9,13-15,19H,5-7,10-12H2,1H3,(H,21,22)/t15-,19-/m0/s1. The maximum Gasteiger partial charge on any atom is 0.251 e. The Morgan fingerprint density at radius 1 is 1.09 bits per heavy atom. The Kier molecular flexibility index (Phi) is 5.16. The average molecular weight is 311 g/mol. The topological polar surface area (TPSA) is 42.1 Å². The predicted octanol–water partition coefficient (Wildman–Crippen LogP) is 4.12. The minimum Gasteiger partial charge on any atom is -0.490 e. The Morgan fingerprint density at radius 3 is 2.65 bits per heavy atom. The highest BCUT2D eigenvalue weighted by atomic mass is 16.5. The van der Waals surface area contributed by atoms with E-state index in [4.69, 9.17) is 4.74 Å². The molecule has 1 N–H and O–H groups in total. The van der Waals surface area contributed by atoms with Crippen molar-refractivity contribution in [2.45, 2.75) is 51.6 Å². The number of benzene rings is 1. The van der Waals surface area contributed by atoms with Gasteiger partial charge >= 0.3 is 0 Å². The molecule has 1 aliphatic rings. The fourth-order valence-electron chi connectivity index (χ4n) is 3.33. The van der Waals surface area contributed by atoms with Gasteiger partial charge in [0.2, 0.25) is 0 Å². The SMILES string of the molecule is C[C@H]1CCCC[C@@H]1Oc1cc(CCc2ccccc2)[nH]c(=O)c1. The van der Waals surface area contributed by atoms with Crippen molar-refractivity contribution in [2.75, 3.05) is 0 Å². The summed E-state index contributed by atoms with van der Waals surface area (Å²) in [5, 5.41) is 0. The minimum atomic E-state index is -0.0750. The van der Waals surface area contributed by atoms with Crippen LogP contribution in [-0.4, -0.2) is 11.1 Å². The molecule has 0 unspecified atom stereocenters. The molecule has 2 aromatic rings. The number of pyridine rings is 1. The summed E-state index contributed by atoms with van der Waals surface area (Å²) in [4.78, 5) is 14.8. The van der Waals surface area contributed by atoms with Crippen LogP contribution in [0.25, 0.3) is 0 Å². The lowest BCUT2D eigenvalue weighted by Gasteiger charge is -2.29. The largest absolute Gasteiger partial charge is 0.490 e. The van der Waals surface area contributed by atoms with Crippen molar-refractivity contribution in [3.63, 3.8) is 0 Å². The number of hydrogen-bond acceptors (Lipinski definition) is 2. The van der Waals surface area contributed by atoms with Crippen LogP contribution in [-0.2, 0) is 12.8 Å². The molecule has 122 valence electrons. The molecular formula is C20H25NO2. The minimum absolute atomic E-state index is 0.0750. The van der Waals surface area contributed by atoms with Gasteiger partial charge in [0.15, 0.2) is 0 Å². The zero-order valence-electron chi connectivity index (χ0n) is 13.8. The van der Waals surface area contributed by atoms with Crippen molar-refractivity contribution in [2.24, 2.45) is 5.92 Å². The molecule has 1 aliphatic carbocycles. The number of ether oxygens (including phenoxy) is 1. The molecule has 0 radical (unpaired) electrons. The molecule has 3 heteroatoms. The number of hydrogen-bond donors (Lipinski definition) is 1. The van der Waals surface area contributed by atoms with E-state index in [0.29, 0.717) is 5.92 Å². The summed E-state index contributed by atoms with van der Waals surface area (Å²) < 4.78 is 6.12. The van der Waals surface area contributed by atoms with Crippen LogP contribution >= 0.6 is 0 Å². The van der Waals surface area contributed by atoms with Crippen LogP contribution in [0, 0.1) is 5.92 Å². The van der Waals surface area contributed by atoms with Gasteiger partial charge < -0.3 is 9.72 Å². The van der Waals surface area contributed by atoms with Gasteiger partial charge in [-0.15, -0.1) is 0 Å². The molecular weight excluding hydrogens is 286 g/mol. The summed E-state index contributed by atoms with van der Waals surface area (Å²) in [7, 11) is 0. The number of aryl methyl sites for hydroxylation is 2. The van der Waals surface area contributed by atoms with Gasteiger partial charge in [0, 0.05) is 11.8 Å². The number of aromatic amines is 1. The lowest BCUT2D eigenvalue weighted by atomic mass is 9.88. The van der Waals surface area contributed by atoms with Gasteiger partial charge in [-0.2, -0.15) is 0 Å². The fourth-order valence-corrected chi connectivity index (χ4v) is 3.33. The van der Waals surface area contributed by atoms with Crippen molar-refractivity contribution in [1.82, 2.24) is 4.98 Å².